The highest BCUT2D eigenvalue weighted by molar-refractivity contribution is 6.09. The van der Waals surface area contributed by atoms with Crippen LogP contribution in [0.1, 0.15) is 28.6 Å². The number of hydrogen-bond donors (Lipinski definition) is 0. The molecule has 0 atom stereocenters. The summed E-state index contributed by atoms with van der Waals surface area (Å²) >= 11 is 0. The van der Waals surface area contributed by atoms with E-state index in [2.05, 4.69) is 0 Å². The highest BCUT2D eigenvalue weighted by Gasteiger charge is 2.18. The third-order valence-corrected chi connectivity index (χ3v) is 2.50. The summed E-state index contributed by atoms with van der Waals surface area (Å²) in [5, 5.41) is 0. The molecular weight excluding hydrogens is 216 g/mol. The SMILES string of the molecule is CCOc1ccccc1C(=O)c1occc1C. The Balaban J connectivity index is 2.40. The van der Waals surface area contributed by atoms with Gasteiger partial charge in [-0.25, -0.2) is 0 Å². The van der Waals surface area contributed by atoms with Crippen molar-refractivity contribution in [3.05, 3.63) is 53.5 Å². The molecule has 0 unspecified atom stereocenters. The molecule has 1 aromatic heterocycles. The maximum atomic E-state index is 12.3. The summed E-state index contributed by atoms with van der Waals surface area (Å²) in [6.45, 7) is 4.26. The van der Waals surface area contributed by atoms with E-state index in [1.165, 1.54) is 6.26 Å². The predicted octanol–water partition coefficient (Wildman–Crippen LogP) is 3.22. The summed E-state index contributed by atoms with van der Waals surface area (Å²) in [4.78, 5) is 12.3. The van der Waals surface area contributed by atoms with Crippen molar-refractivity contribution in [3.63, 3.8) is 0 Å². The normalized spacial score (nSPS) is 10.2. The molecule has 0 saturated heterocycles. The van der Waals surface area contributed by atoms with Crippen LogP contribution in [0.5, 0.6) is 5.75 Å². The number of benzene rings is 1. The lowest BCUT2D eigenvalue weighted by Gasteiger charge is -2.08. The van der Waals surface area contributed by atoms with E-state index in [4.69, 9.17) is 9.15 Å². The van der Waals surface area contributed by atoms with E-state index in [1.807, 2.05) is 26.0 Å². The van der Waals surface area contributed by atoms with Crippen molar-refractivity contribution in [3.8, 4) is 5.75 Å². The van der Waals surface area contributed by atoms with E-state index in [-0.39, 0.29) is 5.78 Å². The van der Waals surface area contributed by atoms with E-state index in [0.29, 0.717) is 23.7 Å². The molecule has 88 valence electrons. The minimum Gasteiger partial charge on any atom is -0.493 e. The maximum Gasteiger partial charge on any atom is 0.232 e. The zero-order valence-corrected chi connectivity index (χ0v) is 9.90. The number of rotatable bonds is 4. The van der Waals surface area contributed by atoms with Crippen molar-refractivity contribution < 1.29 is 13.9 Å². The third kappa shape index (κ3) is 2.23. The predicted molar refractivity (Wildman–Crippen MR) is 64.5 cm³/mol. The molecule has 0 amide bonds. The summed E-state index contributed by atoms with van der Waals surface area (Å²) in [5.41, 5.74) is 1.37. The molecule has 0 fully saturated rings. The number of hydrogen-bond acceptors (Lipinski definition) is 3. The van der Waals surface area contributed by atoms with Crippen molar-refractivity contribution in [1.29, 1.82) is 0 Å². The summed E-state index contributed by atoms with van der Waals surface area (Å²) in [6.07, 6.45) is 1.52. The Labute approximate surface area is 100 Å². The molecule has 1 aromatic carbocycles. The van der Waals surface area contributed by atoms with Crippen LogP contribution in [0.2, 0.25) is 0 Å². The van der Waals surface area contributed by atoms with Crippen LogP contribution in [0.3, 0.4) is 0 Å². The van der Waals surface area contributed by atoms with E-state index in [1.54, 1.807) is 18.2 Å². The van der Waals surface area contributed by atoms with Gasteiger partial charge in [0.2, 0.25) is 5.78 Å². The van der Waals surface area contributed by atoms with Crippen LogP contribution in [0, 0.1) is 6.92 Å². The maximum absolute atomic E-state index is 12.3. The quantitative estimate of drug-likeness (QED) is 0.757. The second kappa shape index (κ2) is 4.87. The first-order valence-electron chi connectivity index (χ1n) is 5.54. The van der Waals surface area contributed by atoms with Crippen molar-refractivity contribution in [2.45, 2.75) is 13.8 Å². The Hall–Kier alpha value is -2.03. The van der Waals surface area contributed by atoms with Gasteiger partial charge in [0.1, 0.15) is 5.75 Å². The number of carbonyl (C=O) groups is 1. The van der Waals surface area contributed by atoms with E-state index < -0.39 is 0 Å². The minimum absolute atomic E-state index is 0.142. The largest absolute Gasteiger partial charge is 0.493 e. The van der Waals surface area contributed by atoms with Crippen molar-refractivity contribution in [2.75, 3.05) is 6.61 Å². The monoisotopic (exact) mass is 230 g/mol. The van der Waals surface area contributed by atoms with Gasteiger partial charge in [-0.15, -0.1) is 0 Å². The summed E-state index contributed by atoms with van der Waals surface area (Å²) < 4.78 is 10.6. The van der Waals surface area contributed by atoms with Crippen LogP contribution in [0.15, 0.2) is 41.0 Å². The molecule has 0 aliphatic heterocycles. The second-order valence-corrected chi connectivity index (χ2v) is 3.69. The zero-order valence-electron chi connectivity index (χ0n) is 9.90. The highest BCUT2D eigenvalue weighted by atomic mass is 16.5. The fourth-order valence-electron chi connectivity index (χ4n) is 1.66. The smallest absolute Gasteiger partial charge is 0.232 e. The van der Waals surface area contributed by atoms with Gasteiger partial charge in [-0.3, -0.25) is 4.79 Å². The van der Waals surface area contributed by atoms with E-state index >= 15 is 0 Å². The number of carbonyl (C=O) groups excluding carboxylic acids is 1. The number of furan rings is 1. The molecule has 0 spiro atoms. The molecule has 2 aromatic rings. The summed E-state index contributed by atoms with van der Waals surface area (Å²) in [7, 11) is 0. The topological polar surface area (TPSA) is 39.4 Å². The Kier molecular flexibility index (Phi) is 3.28. The zero-order chi connectivity index (χ0) is 12.3. The third-order valence-electron chi connectivity index (χ3n) is 2.50. The number of ketones is 1. The Morgan fingerprint density at radius 3 is 2.71 bits per heavy atom. The van der Waals surface area contributed by atoms with E-state index in [0.717, 1.165) is 5.56 Å². The van der Waals surface area contributed by atoms with Crippen LogP contribution < -0.4 is 4.74 Å². The van der Waals surface area contributed by atoms with Gasteiger partial charge in [0.25, 0.3) is 0 Å². The summed E-state index contributed by atoms with van der Waals surface area (Å²) in [6, 6.07) is 8.96. The van der Waals surface area contributed by atoms with Crippen LogP contribution in [0.4, 0.5) is 0 Å². The van der Waals surface area contributed by atoms with Gasteiger partial charge in [-0.1, -0.05) is 12.1 Å². The van der Waals surface area contributed by atoms with Crippen LogP contribution >= 0.6 is 0 Å². The molecule has 0 aliphatic carbocycles. The van der Waals surface area contributed by atoms with Crippen molar-refractivity contribution >= 4 is 5.78 Å². The fraction of sp³-hybridized carbons (Fsp3) is 0.214. The molecule has 0 aliphatic rings. The molecule has 0 saturated carbocycles. The molecule has 3 nitrogen and oxygen atoms in total. The fourth-order valence-corrected chi connectivity index (χ4v) is 1.66. The van der Waals surface area contributed by atoms with E-state index in [9.17, 15) is 4.79 Å². The van der Waals surface area contributed by atoms with Gasteiger partial charge in [0.05, 0.1) is 18.4 Å². The van der Waals surface area contributed by atoms with Crippen molar-refractivity contribution in [2.24, 2.45) is 0 Å². The molecule has 17 heavy (non-hydrogen) atoms. The first-order valence-corrected chi connectivity index (χ1v) is 5.54. The molecule has 3 heteroatoms. The van der Waals surface area contributed by atoms with Gasteiger partial charge in [0, 0.05) is 0 Å². The molecule has 0 radical (unpaired) electrons. The second-order valence-electron chi connectivity index (χ2n) is 3.69. The van der Waals surface area contributed by atoms with Gasteiger partial charge in [-0.05, 0) is 37.6 Å². The lowest BCUT2D eigenvalue weighted by Crippen LogP contribution is -2.05. The Morgan fingerprint density at radius 1 is 1.29 bits per heavy atom. The lowest BCUT2D eigenvalue weighted by atomic mass is 10.1. The highest BCUT2D eigenvalue weighted by Crippen LogP contribution is 2.23. The Bertz CT molecular complexity index is 526. The Morgan fingerprint density at radius 2 is 2.06 bits per heavy atom. The van der Waals surface area contributed by atoms with Gasteiger partial charge in [-0.2, -0.15) is 0 Å². The first-order chi connectivity index (χ1) is 8.24. The minimum atomic E-state index is -0.142. The number of aryl methyl sites for hydroxylation is 1. The summed E-state index contributed by atoms with van der Waals surface area (Å²) in [5.74, 6) is 0.824. The van der Waals surface area contributed by atoms with Gasteiger partial charge in [0.15, 0.2) is 5.76 Å². The number of para-hydroxylation sites is 1. The molecule has 0 bridgehead atoms. The lowest BCUT2D eigenvalue weighted by molar-refractivity contribution is 0.100. The molecule has 0 N–H and O–H groups in total. The van der Waals surface area contributed by atoms with Crippen LogP contribution in [0.25, 0.3) is 0 Å². The van der Waals surface area contributed by atoms with Crippen LogP contribution in [-0.2, 0) is 0 Å². The van der Waals surface area contributed by atoms with Gasteiger partial charge >= 0.3 is 0 Å². The first kappa shape index (κ1) is 11.5. The average Bonchev–Trinajstić information content (AvgIpc) is 2.76. The molecule has 1 heterocycles. The standard InChI is InChI=1S/C14H14O3/c1-3-16-12-7-5-4-6-11(12)13(15)14-10(2)8-9-17-14/h4-9H,3H2,1-2H3. The molecular formula is C14H14O3. The molecule has 2 rings (SSSR count). The van der Waals surface area contributed by atoms with Gasteiger partial charge < -0.3 is 9.15 Å². The average molecular weight is 230 g/mol. The van der Waals surface area contributed by atoms with Crippen LogP contribution in [-0.4, -0.2) is 12.4 Å². The van der Waals surface area contributed by atoms with Crippen molar-refractivity contribution in [1.82, 2.24) is 0 Å². The number of ether oxygens (including phenoxy) is 1.